The van der Waals surface area contributed by atoms with Crippen molar-refractivity contribution in [2.75, 3.05) is 11.6 Å². The molecule has 116 valence electrons. The fourth-order valence-corrected chi connectivity index (χ4v) is 3.34. The Morgan fingerprint density at radius 2 is 2.09 bits per heavy atom. The lowest BCUT2D eigenvalue weighted by molar-refractivity contribution is 0.251. The van der Waals surface area contributed by atoms with E-state index in [9.17, 15) is 9.00 Å². The lowest BCUT2D eigenvalue weighted by Crippen LogP contribution is -2.28. The van der Waals surface area contributed by atoms with Crippen LogP contribution in [0.5, 0.6) is 0 Å². The SMILES string of the molecule is C[S@@](=O)c1ccc(CNC(=O)Nc2nc(C3CC3)cs2)cc1. The van der Waals surface area contributed by atoms with E-state index in [2.05, 4.69) is 15.6 Å². The van der Waals surface area contributed by atoms with Crippen LogP contribution in [0.4, 0.5) is 9.93 Å². The largest absolute Gasteiger partial charge is 0.334 e. The highest BCUT2D eigenvalue weighted by molar-refractivity contribution is 7.84. The summed E-state index contributed by atoms with van der Waals surface area (Å²) in [6.45, 7) is 0.420. The van der Waals surface area contributed by atoms with Gasteiger partial charge >= 0.3 is 6.03 Å². The second-order valence-electron chi connectivity index (χ2n) is 5.26. The molecule has 1 saturated carbocycles. The van der Waals surface area contributed by atoms with Crippen molar-refractivity contribution >= 4 is 33.3 Å². The molecule has 2 aromatic rings. The number of hydrogen-bond donors (Lipinski definition) is 2. The molecule has 5 nitrogen and oxygen atoms in total. The molecule has 0 unspecified atom stereocenters. The predicted octanol–water partition coefficient (Wildman–Crippen LogP) is 3.08. The van der Waals surface area contributed by atoms with Crippen molar-refractivity contribution in [2.24, 2.45) is 0 Å². The average molecular weight is 335 g/mol. The number of amides is 2. The third kappa shape index (κ3) is 3.92. The number of nitrogens with one attached hydrogen (secondary N) is 2. The smallest absolute Gasteiger partial charge is 0.321 e. The molecular weight excluding hydrogens is 318 g/mol. The van der Waals surface area contributed by atoms with Gasteiger partial charge in [-0.1, -0.05) is 12.1 Å². The van der Waals surface area contributed by atoms with Gasteiger partial charge in [-0.2, -0.15) is 0 Å². The second-order valence-corrected chi connectivity index (χ2v) is 7.50. The molecule has 1 atom stereocenters. The molecule has 2 N–H and O–H groups in total. The molecule has 0 saturated heterocycles. The lowest BCUT2D eigenvalue weighted by atomic mass is 10.2. The summed E-state index contributed by atoms with van der Waals surface area (Å²) < 4.78 is 11.3. The van der Waals surface area contributed by atoms with E-state index in [4.69, 9.17) is 0 Å². The van der Waals surface area contributed by atoms with Gasteiger partial charge in [0.05, 0.1) is 5.69 Å². The Morgan fingerprint density at radius 3 is 2.73 bits per heavy atom. The molecule has 2 amide bonds. The number of hydrogen-bond acceptors (Lipinski definition) is 4. The van der Waals surface area contributed by atoms with Crippen LogP contribution in [0.15, 0.2) is 34.5 Å². The lowest BCUT2D eigenvalue weighted by Gasteiger charge is -2.06. The summed E-state index contributed by atoms with van der Waals surface area (Å²) in [6.07, 6.45) is 4.05. The summed E-state index contributed by atoms with van der Waals surface area (Å²) in [5.41, 5.74) is 2.05. The first-order valence-electron chi connectivity index (χ1n) is 7.04. The Labute approximate surface area is 135 Å². The number of carbonyl (C=O) groups is 1. The van der Waals surface area contributed by atoms with Crippen LogP contribution >= 0.6 is 11.3 Å². The zero-order valence-electron chi connectivity index (χ0n) is 12.2. The van der Waals surface area contributed by atoms with Crippen molar-refractivity contribution in [1.82, 2.24) is 10.3 Å². The zero-order valence-corrected chi connectivity index (χ0v) is 13.8. The number of thiazole rings is 1. The van der Waals surface area contributed by atoms with Crippen molar-refractivity contribution in [3.63, 3.8) is 0 Å². The first-order valence-corrected chi connectivity index (χ1v) is 9.48. The van der Waals surface area contributed by atoms with Gasteiger partial charge in [0, 0.05) is 39.8 Å². The number of anilines is 1. The molecule has 1 aromatic heterocycles. The minimum absolute atomic E-state index is 0.264. The average Bonchev–Trinajstić information content (AvgIpc) is 3.26. The van der Waals surface area contributed by atoms with E-state index in [1.54, 1.807) is 6.26 Å². The maximum atomic E-state index is 11.9. The highest BCUT2D eigenvalue weighted by atomic mass is 32.2. The van der Waals surface area contributed by atoms with E-state index in [1.807, 2.05) is 29.6 Å². The van der Waals surface area contributed by atoms with Crippen LogP contribution in [0.1, 0.15) is 30.0 Å². The third-order valence-corrected chi connectivity index (χ3v) is 5.16. The number of urea groups is 1. The second kappa shape index (κ2) is 6.58. The summed E-state index contributed by atoms with van der Waals surface area (Å²) in [5.74, 6) is 0.595. The van der Waals surface area contributed by atoms with E-state index in [1.165, 1.54) is 24.2 Å². The van der Waals surface area contributed by atoms with Crippen molar-refractivity contribution in [3.8, 4) is 0 Å². The van der Waals surface area contributed by atoms with Gasteiger partial charge in [-0.25, -0.2) is 9.78 Å². The highest BCUT2D eigenvalue weighted by Crippen LogP contribution is 2.40. The van der Waals surface area contributed by atoms with Gasteiger partial charge in [-0.05, 0) is 30.5 Å². The Hall–Kier alpha value is -1.73. The van der Waals surface area contributed by atoms with Crippen LogP contribution < -0.4 is 10.6 Å². The van der Waals surface area contributed by atoms with Gasteiger partial charge < -0.3 is 5.32 Å². The maximum Gasteiger partial charge on any atom is 0.321 e. The minimum atomic E-state index is -0.980. The molecule has 7 heteroatoms. The molecule has 0 aliphatic heterocycles. The van der Waals surface area contributed by atoms with Gasteiger partial charge in [-0.15, -0.1) is 11.3 Å². The topological polar surface area (TPSA) is 71.1 Å². The van der Waals surface area contributed by atoms with Gasteiger partial charge in [0.2, 0.25) is 0 Å². The standard InChI is InChI=1S/C15H17N3O2S2/c1-22(20)12-6-2-10(3-7-12)8-16-14(19)18-15-17-13(9-21-15)11-4-5-11/h2-3,6-7,9,11H,4-5,8H2,1H3,(H2,16,17,18,19)/t22-/m1/s1. The first-order chi connectivity index (χ1) is 10.6. The molecular formula is C15H17N3O2S2. The molecule has 0 bridgehead atoms. The Kier molecular flexibility index (Phi) is 4.54. The van der Waals surface area contributed by atoms with Crippen molar-refractivity contribution < 1.29 is 9.00 Å². The molecule has 1 heterocycles. The fourth-order valence-electron chi connectivity index (χ4n) is 2.03. The summed E-state index contributed by atoms with van der Waals surface area (Å²) in [5, 5.41) is 8.19. The molecule has 1 fully saturated rings. The van der Waals surface area contributed by atoms with Crippen LogP contribution in [-0.2, 0) is 17.3 Å². The van der Waals surface area contributed by atoms with E-state index in [-0.39, 0.29) is 6.03 Å². The van der Waals surface area contributed by atoms with Gasteiger partial charge in [0.25, 0.3) is 0 Å². The van der Waals surface area contributed by atoms with Crippen LogP contribution in [0.2, 0.25) is 0 Å². The summed E-state index contributed by atoms with van der Waals surface area (Å²) in [6, 6.07) is 7.10. The number of aromatic nitrogens is 1. The van der Waals surface area contributed by atoms with Crippen molar-refractivity contribution in [2.45, 2.75) is 30.2 Å². The van der Waals surface area contributed by atoms with E-state index in [0.29, 0.717) is 17.6 Å². The molecule has 0 radical (unpaired) electrons. The Balaban J connectivity index is 1.49. The van der Waals surface area contributed by atoms with Crippen LogP contribution in [0, 0.1) is 0 Å². The molecule has 1 aliphatic carbocycles. The summed E-state index contributed by atoms with van der Waals surface area (Å²) in [4.78, 5) is 17.0. The highest BCUT2D eigenvalue weighted by Gasteiger charge is 2.26. The number of carbonyl (C=O) groups excluding carboxylic acids is 1. The van der Waals surface area contributed by atoms with Crippen LogP contribution in [-0.4, -0.2) is 21.5 Å². The van der Waals surface area contributed by atoms with E-state index >= 15 is 0 Å². The van der Waals surface area contributed by atoms with Crippen LogP contribution in [0.25, 0.3) is 0 Å². The van der Waals surface area contributed by atoms with Gasteiger partial charge in [0.1, 0.15) is 0 Å². The van der Waals surface area contributed by atoms with Gasteiger partial charge in [-0.3, -0.25) is 9.53 Å². The normalized spacial score (nSPS) is 15.3. The summed E-state index contributed by atoms with van der Waals surface area (Å²) in [7, 11) is -0.980. The fraction of sp³-hybridized carbons (Fsp3) is 0.333. The Morgan fingerprint density at radius 1 is 1.36 bits per heavy atom. The van der Waals surface area contributed by atoms with Crippen molar-refractivity contribution in [3.05, 3.63) is 40.9 Å². The molecule has 3 rings (SSSR count). The number of rotatable bonds is 5. The maximum absolute atomic E-state index is 11.9. The molecule has 1 aromatic carbocycles. The quantitative estimate of drug-likeness (QED) is 0.882. The molecule has 22 heavy (non-hydrogen) atoms. The first kappa shape index (κ1) is 15.2. The number of benzene rings is 1. The van der Waals surface area contributed by atoms with Gasteiger partial charge in [0.15, 0.2) is 5.13 Å². The van der Waals surface area contributed by atoms with E-state index < -0.39 is 10.8 Å². The number of nitrogens with zero attached hydrogens (tertiary/aromatic N) is 1. The van der Waals surface area contributed by atoms with Crippen molar-refractivity contribution in [1.29, 1.82) is 0 Å². The minimum Gasteiger partial charge on any atom is -0.334 e. The molecule has 1 aliphatic rings. The predicted molar refractivity (Wildman–Crippen MR) is 88.7 cm³/mol. The molecule has 0 spiro atoms. The summed E-state index contributed by atoms with van der Waals surface area (Å²) >= 11 is 1.46. The van der Waals surface area contributed by atoms with Crippen LogP contribution in [0.3, 0.4) is 0 Å². The third-order valence-electron chi connectivity index (χ3n) is 3.45. The monoisotopic (exact) mass is 335 g/mol. The zero-order chi connectivity index (χ0) is 15.5. The Bertz CT molecular complexity index is 693. The van der Waals surface area contributed by atoms with E-state index in [0.717, 1.165) is 16.2 Å².